The number of aromatic nitrogens is 1. The third-order valence-corrected chi connectivity index (χ3v) is 6.63. The molecule has 1 aliphatic heterocycles. The van der Waals surface area contributed by atoms with Gasteiger partial charge >= 0.3 is 0 Å². The summed E-state index contributed by atoms with van der Waals surface area (Å²) < 4.78 is 3.47. The zero-order valence-corrected chi connectivity index (χ0v) is 16.0. The lowest BCUT2D eigenvalue weighted by Gasteiger charge is -2.17. The second kappa shape index (κ2) is 6.83. The van der Waals surface area contributed by atoms with Crippen molar-refractivity contribution in [2.24, 2.45) is 0 Å². The van der Waals surface area contributed by atoms with Crippen LogP contribution in [0.4, 0.5) is 5.69 Å². The third-order valence-electron chi connectivity index (χ3n) is 4.41. The fraction of sp³-hybridized carbons (Fsp3) is 0.250. The largest absolute Gasteiger partial charge is 0.390 e. The van der Waals surface area contributed by atoms with E-state index in [2.05, 4.69) is 71.9 Å². The van der Waals surface area contributed by atoms with Gasteiger partial charge in [0.25, 0.3) is 5.01 Å². The second-order valence-electron chi connectivity index (χ2n) is 6.08. The molecule has 0 unspecified atom stereocenters. The van der Waals surface area contributed by atoms with Gasteiger partial charge in [-0.15, -0.1) is 0 Å². The van der Waals surface area contributed by atoms with Gasteiger partial charge in [0, 0.05) is 17.5 Å². The Morgan fingerprint density at radius 3 is 2.84 bits per heavy atom. The molecule has 128 valence electrons. The number of hydrogen-bond acceptors (Lipinski definition) is 4. The van der Waals surface area contributed by atoms with Crippen molar-refractivity contribution >= 4 is 45.1 Å². The summed E-state index contributed by atoms with van der Waals surface area (Å²) in [7, 11) is 0. The zero-order chi connectivity index (χ0) is 17.4. The van der Waals surface area contributed by atoms with Crippen molar-refractivity contribution in [3.63, 3.8) is 0 Å². The van der Waals surface area contributed by atoms with Crippen LogP contribution in [-0.2, 0) is 6.54 Å². The summed E-state index contributed by atoms with van der Waals surface area (Å²) in [6, 6.07) is 15.1. The smallest absolute Gasteiger partial charge is 0.265 e. The van der Waals surface area contributed by atoms with Gasteiger partial charge in [-0.3, -0.25) is 0 Å². The lowest BCUT2D eigenvalue weighted by Crippen LogP contribution is -2.37. The average Bonchev–Trinajstić information content (AvgIpc) is 3.13. The summed E-state index contributed by atoms with van der Waals surface area (Å²) in [5.41, 5.74) is 3.78. The molecule has 2 heterocycles. The molecule has 2 aromatic carbocycles. The van der Waals surface area contributed by atoms with Gasteiger partial charge in [0.1, 0.15) is 11.3 Å². The predicted molar refractivity (Wildman–Crippen MR) is 107 cm³/mol. The number of anilines is 1. The van der Waals surface area contributed by atoms with Crippen molar-refractivity contribution in [2.45, 2.75) is 25.3 Å². The van der Waals surface area contributed by atoms with E-state index in [4.69, 9.17) is 0 Å². The minimum atomic E-state index is 0.144. The minimum absolute atomic E-state index is 0.144. The fourth-order valence-electron chi connectivity index (χ4n) is 3.24. The van der Waals surface area contributed by atoms with Crippen molar-refractivity contribution in [1.82, 2.24) is 0 Å². The number of aryl methyl sites for hydroxylation is 1. The number of aliphatic hydroxyl groups is 1. The monoisotopic (exact) mass is 369 g/mol. The number of fused-ring (bicyclic) bond motifs is 2. The molecule has 0 spiro atoms. The number of hydrogen-bond donors (Lipinski definition) is 1. The van der Waals surface area contributed by atoms with Gasteiger partial charge in [-0.1, -0.05) is 41.3 Å². The maximum absolute atomic E-state index is 9.50. The van der Waals surface area contributed by atoms with Crippen molar-refractivity contribution in [1.29, 1.82) is 0 Å². The average molecular weight is 370 g/mol. The SMILES string of the molecule is CCN1C(=Cc2sc3ccccc3[n+]2CCO)Sc2ccc(C)cc21. The topological polar surface area (TPSA) is 27.4 Å². The first-order valence-corrected chi connectivity index (χ1v) is 10.1. The molecule has 0 saturated heterocycles. The molecule has 0 atom stereocenters. The molecule has 0 saturated carbocycles. The predicted octanol–water partition coefficient (Wildman–Crippen LogP) is 4.42. The van der Waals surface area contributed by atoms with Crippen molar-refractivity contribution in [3.05, 3.63) is 58.1 Å². The minimum Gasteiger partial charge on any atom is -0.390 e. The number of thiazole rings is 1. The Morgan fingerprint density at radius 2 is 2.04 bits per heavy atom. The summed E-state index contributed by atoms with van der Waals surface area (Å²) in [6.45, 7) is 6.04. The first kappa shape index (κ1) is 16.6. The Morgan fingerprint density at radius 1 is 1.20 bits per heavy atom. The molecule has 25 heavy (non-hydrogen) atoms. The Bertz CT molecular complexity index is 961. The number of aliphatic hydroxyl groups excluding tert-OH is 1. The second-order valence-corrected chi connectivity index (χ2v) is 8.21. The lowest BCUT2D eigenvalue weighted by molar-refractivity contribution is -0.670. The van der Waals surface area contributed by atoms with Crippen LogP contribution in [0, 0.1) is 6.92 Å². The zero-order valence-electron chi connectivity index (χ0n) is 14.4. The normalized spacial score (nSPS) is 15.3. The van der Waals surface area contributed by atoms with E-state index >= 15 is 0 Å². The van der Waals surface area contributed by atoms with Crippen LogP contribution in [0.25, 0.3) is 16.3 Å². The van der Waals surface area contributed by atoms with Crippen LogP contribution in [0.1, 0.15) is 17.5 Å². The molecule has 3 nitrogen and oxygen atoms in total. The van der Waals surface area contributed by atoms with E-state index in [-0.39, 0.29) is 6.61 Å². The van der Waals surface area contributed by atoms with E-state index in [9.17, 15) is 5.11 Å². The molecular formula is C20H21N2OS2+. The van der Waals surface area contributed by atoms with E-state index in [0.29, 0.717) is 6.54 Å². The first-order chi connectivity index (χ1) is 12.2. The van der Waals surface area contributed by atoms with Crippen LogP contribution >= 0.6 is 23.1 Å². The highest BCUT2D eigenvalue weighted by Crippen LogP contribution is 2.47. The van der Waals surface area contributed by atoms with Crippen molar-refractivity contribution in [2.75, 3.05) is 18.1 Å². The van der Waals surface area contributed by atoms with Gasteiger partial charge in [-0.25, -0.2) is 0 Å². The number of para-hydroxylation sites is 1. The van der Waals surface area contributed by atoms with Gasteiger partial charge in [0.15, 0.2) is 6.54 Å². The molecule has 5 heteroatoms. The summed E-state index contributed by atoms with van der Waals surface area (Å²) in [5.74, 6) is 0. The Kier molecular flexibility index (Phi) is 4.54. The van der Waals surface area contributed by atoms with Crippen LogP contribution in [0.5, 0.6) is 0 Å². The standard InChI is InChI=1S/C20H21N2OS2/c1-3-21-16-12-14(2)8-9-18(16)25-19(21)13-20-22(10-11-23)15-6-4-5-7-17(15)24-20/h4-9,12-13,23H,3,10-11H2,1-2H3/q+1. The van der Waals surface area contributed by atoms with E-state index in [1.165, 1.54) is 36.4 Å². The van der Waals surface area contributed by atoms with Gasteiger partial charge in [-0.2, -0.15) is 4.57 Å². The molecule has 3 aromatic rings. The molecule has 1 aliphatic rings. The Hall–Kier alpha value is -1.82. The molecule has 4 rings (SSSR count). The number of benzene rings is 2. The number of rotatable bonds is 4. The van der Waals surface area contributed by atoms with Crippen LogP contribution in [0.15, 0.2) is 52.4 Å². The van der Waals surface area contributed by atoms with Crippen molar-refractivity contribution in [3.8, 4) is 0 Å². The molecule has 0 aliphatic carbocycles. The highest BCUT2D eigenvalue weighted by molar-refractivity contribution is 8.03. The van der Waals surface area contributed by atoms with Gasteiger partial charge in [0.2, 0.25) is 5.52 Å². The maximum atomic E-state index is 9.50. The highest BCUT2D eigenvalue weighted by atomic mass is 32.2. The maximum Gasteiger partial charge on any atom is 0.265 e. The molecule has 1 aromatic heterocycles. The molecule has 0 fully saturated rings. The van der Waals surface area contributed by atoms with Gasteiger partial charge in [-0.05, 0) is 37.6 Å². The van der Waals surface area contributed by atoms with Crippen LogP contribution in [-0.4, -0.2) is 18.3 Å². The molecular weight excluding hydrogens is 348 g/mol. The van der Waals surface area contributed by atoms with E-state index in [0.717, 1.165) is 6.54 Å². The van der Waals surface area contributed by atoms with E-state index in [1.807, 2.05) is 11.8 Å². The number of nitrogens with zero attached hydrogens (tertiary/aromatic N) is 2. The molecule has 0 radical (unpaired) electrons. The summed E-state index contributed by atoms with van der Waals surface area (Å²) in [5, 5.41) is 11.9. The number of thioether (sulfide) groups is 1. The Balaban J connectivity index is 1.81. The summed E-state index contributed by atoms with van der Waals surface area (Å²) in [6.07, 6.45) is 2.27. The molecule has 0 amide bonds. The van der Waals surface area contributed by atoms with E-state index in [1.54, 1.807) is 11.3 Å². The lowest BCUT2D eigenvalue weighted by atomic mass is 10.2. The first-order valence-electron chi connectivity index (χ1n) is 8.51. The van der Waals surface area contributed by atoms with Gasteiger partial charge < -0.3 is 10.0 Å². The summed E-state index contributed by atoms with van der Waals surface area (Å²) in [4.78, 5) is 3.69. The fourth-order valence-corrected chi connectivity index (χ4v) is 5.58. The van der Waals surface area contributed by atoms with Gasteiger partial charge in [0.05, 0.1) is 16.8 Å². The summed E-state index contributed by atoms with van der Waals surface area (Å²) >= 11 is 3.61. The Labute approximate surface area is 156 Å². The third kappa shape index (κ3) is 2.97. The van der Waals surface area contributed by atoms with Crippen LogP contribution in [0.2, 0.25) is 0 Å². The highest BCUT2D eigenvalue weighted by Gasteiger charge is 2.26. The van der Waals surface area contributed by atoms with Crippen LogP contribution < -0.4 is 9.47 Å². The van der Waals surface area contributed by atoms with Crippen LogP contribution in [0.3, 0.4) is 0 Å². The quantitative estimate of drug-likeness (QED) is 0.690. The molecule has 1 N–H and O–H groups in total. The molecule has 0 bridgehead atoms. The van der Waals surface area contributed by atoms with Crippen molar-refractivity contribution < 1.29 is 9.67 Å². The van der Waals surface area contributed by atoms with E-state index < -0.39 is 0 Å².